The maximum absolute atomic E-state index is 11.1. The predicted molar refractivity (Wildman–Crippen MR) is 76.6 cm³/mol. The van der Waals surface area contributed by atoms with E-state index in [9.17, 15) is 10.1 Å². The van der Waals surface area contributed by atoms with Crippen molar-refractivity contribution in [1.82, 2.24) is 5.32 Å². The van der Waals surface area contributed by atoms with Gasteiger partial charge in [0.05, 0.1) is 4.92 Å². The largest absolute Gasteiger partial charge is 0.314 e. The zero-order valence-corrected chi connectivity index (χ0v) is 12.0. The summed E-state index contributed by atoms with van der Waals surface area (Å²) < 4.78 is 0. The molecule has 5 heteroatoms. The van der Waals surface area contributed by atoms with E-state index in [1.165, 1.54) is 6.07 Å². The van der Waals surface area contributed by atoms with Crippen LogP contribution in [0.25, 0.3) is 0 Å². The van der Waals surface area contributed by atoms with Gasteiger partial charge < -0.3 is 5.32 Å². The quantitative estimate of drug-likeness (QED) is 0.641. The number of hydrogen-bond donors (Lipinski definition) is 1. The van der Waals surface area contributed by atoms with Crippen LogP contribution in [0.5, 0.6) is 0 Å². The molecule has 0 saturated heterocycles. The van der Waals surface area contributed by atoms with E-state index in [4.69, 9.17) is 11.6 Å². The van der Waals surface area contributed by atoms with E-state index in [1.807, 2.05) is 0 Å². The minimum atomic E-state index is -0.338. The highest BCUT2D eigenvalue weighted by Crippen LogP contribution is 2.52. The molecule has 19 heavy (non-hydrogen) atoms. The number of benzene rings is 1. The molecular formula is C14H19ClN2O2. The van der Waals surface area contributed by atoms with E-state index in [0.29, 0.717) is 11.1 Å². The molecule has 1 aliphatic carbocycles. The lowest BCUT2D eigenvalue weighted by Crippen LogP contribution is -2.36. The Kier molecular flexibility index (Phi) is 4.11. The van der Waals surface area contributed by atoms with Crippen LogP contribution < -0.4 is 5.32 Å². The highest BCUT2D eigenvalue weighted by atomic mass is 35.5. The molecule has 0 spiro atoms. The Balaban J connectivity index is 2.22. The second-order valence-corrected chi connectivity index (χ2v) is 5.79. The van der Waals surface area contributed by atoms with Gasteiger partial charge in [-0.15, -0.1) is 0 Å². The van der Waals surface area contributed by atoms with Crippen LogP contribution in [-0.2, 0) is 6.42 Å². The van der Waals surface area contributed by atoms with Gasteiger partial charge in [0.2, 0.25) is 0 Å². The first-order chi connectivity index (χ1) is 8.98. The fourth-order valence-corrected chi connectivity index (χ4v) is 2.85. The van der Waals surface area contributed by atoms with Crippen molar-refractivity contribution in [2.24, 2.45) is 5.41 Å². The first-order valence-corrected chi connectivity index (χ1v) is 7.02. The van der Waals surface area contributed by atoms with E-state index < -0.39 is 0 Å². The molecule has 0 aliphatic heterocycles. The summed E-state index contributed by atoms with van der Waals surface area (Å²) in [5.74, 6) is 0. The van der Waals surface area contributed by atoms with E-state index in [0.717, 1.165) is 31.4 Å². The number of nitro groups is 1. The van der Waals surface area contributed by atoms with Crippen LogP contribution in [0.3, 0.4) is 0 Å². The SMILES string of the molecule is CCNC(C)C1(Cc2ccc(Cl)cc2[N+](=O)[O-])CC1. The minimum absolute atomic E-state index is 0.141. The van der Waals surface area contributed by atoms with Crippen LogP contribution in [0.15, 0.2) is 18.2 Å². The Labute approximate surface area is 118 Å². The summed E-state index contributed by atoms with van der Waals surface area (Å²) in [6.45, 7) is 5.17. The molecule has 1 aromatic carbocycles. The Hall–Kier alpha value is -1.13. The van der Waals surface area contributed by atoms with Crippen molar-refractivity contribution in [2.75, 3.05) is 6.54 Å². The molecule has 4 nitrogen and oxygen atoms in total. The van der Waals surface area contributed by atoms with Crippen molar-refractivity contribution in [3.05, 3.63) is 38.9 Å². The monoisotopic (exact) mass is 282 g/mol. The van der Waals surface area contributed by atoms with Gasteiger partial charge in [-0.1, -0.05) is 24.6 Å². The van der Waals surface area contributed by atoms with Gasteiger partial charge in [0.25, 0.3) is 5.69 Å². The maximum Gasteiger partial charge on any atom is 0.274 e. The number of nitrogens with zero attached hydrogens (tertiary/aromatic N) is 1. The van der Waals surface area contributed by atoms with E-state index in [-0.39, 0.29) is 16.0 Å². The summed E-state index contributed by atoms with van der Waals surface area (Å²) in [5.41, 5.74) is 1.10. The zero-order valence-electron chi connectivity index (χ0n) is 11.3. The van der Waals surface area contributed by atoms with Crippen molar-refractivity contribution in [3.63, 3.8) is 0 Å². The number of hydrogen-bond acceptors (Lipinski definition) is 3. The van der Waals surface area contributed by atoms with Crippen LogP contribution in [-0.4, -0.2) is 17.5 Å². The summed E-state index contributed by atoms with van der Waals surface area (Å²) in [6, 6.07) is 5.36. The van der Waals surface area contributed by atoms with Gasteiger partial charge in [-0.25, -0.2) is 0 Å². The smallest absolute Gasteiger partial charge is 0.274 e. The molecule has 1 N–H and O–H groups in total. The second-order valence-electron chi connectivity index (χ2n) is 5.35. The first-order valence-electron chi connectivity index (χ1n) is 6.65. The molecule has 2 rings (SSSR count). The molecule has 1 aliphatic rings. The summed E-state index contributed by atoms with van der Waals surface area (Å²) in [7, 11) is 0. The third-order valence-corrected chi connectivity index (χ3v) is 4.34. The number of nitro benzene ring substituents is 1. The summed E-state index contributed by atoms with van der Waals surface area (Å²) in [6.07, 6.45) is 3.00. The molecule has 1 atom stereocenters. The molecule has 1 aromatic rings. The Morgan fingerprint density at radius 1 is 1.53 bits per heavy atom. The summed E-state index contributed by atoms with van der Waals surface area (Å²) in [4.78, 5) is 10.8. The van der Waals surface area contributed by atoms with Crippen molar-refractivity contribution >= 4 is 17.3 Å². The van der Waals surface area contributed by atoms with Crippen LogP contribution in [0.2, 0.25) is 5.02 Å². The van der Waals surface area contributed by atoms with Crippen LogP contribution in [0, 0.1) is 15.5 Å². The molecule has 1 saturated carbocycles. The molecule has 0 amide bonds. The van der Waals surface area contributed by atoms with Crippen LogP contribution in [0.4, 0.5) is 5.69 Å². The lowest BCUT2D eigenvalue weighted by molar-refractivity contribution is -0.385. The normalized spacial score (nSPS) is 18.1. The fourth-order valence-electron chi connectivity index (χ4n) is 2.68. The molecule has 0 heterocycles. The number of halogens is 1. The average molecular weight is 283 g/mol. The van der Waals surface area contributed by atoms with Crippen molar-refractivity contribution in [1.29, 1.82) is 0 Å². The first kappa shape index (κ1) is 14.3. The predicted octanol–water partition coefficient (Wildman–Crippen LogP) is 3.57. The van der Waals surface area contributed by atoms with Gasteiger partial charge in [0, 0.05) is 22.7 Å². The highest BCUT2D eigenvalue weighted by Gasteiger charge is 2.47. The van der Waals surface area contributed by atoms with E-state index in [2.05, 4.69) is 19.2 Å². The lowest BCUT2D eigenvalue weighted by atomic mass is 9.89. The number of nitrogens with one attached hydrogen (secondary N) is 1. The van der Waals surface area contributed by atoms with Crippen molar-refractivity contribution < 1.29 is 4.92 Å². The molecule has 1 fully saturated rings. The van der Waals surface area contributed by atoms with Gasteiger partial charge in [0.1, 0.15) is 0 Å². The minimum Gasteiger partial charge on any atom is -0.314 e. The van der Waals surface area contributed by atoms with Gasteiger partial charge >= 0.3 is 0 Å². The topological polar surface area (TPSA) is 55.2 Å². The van der Waals surface area contributed by atoms with Gasteiger partial charge in [-0.05, 0) is 44.2 Å². The van der Waals surface area contributed by atoms with Crippen LogP contribution >= 0.6 is 11.6 Å². The molecule has 104 valence electrons. The maximum atomic E-state index is 11.1. The molecule has 0 radical (unpaired) electrons. The summed E-state index contributed by atoms with van der Waals surface area (Å²) in [5, 5.41) is 15.0. The van der Waals surface area contributed by atoms with Crippen molar-refractivity contribution in [2.45, 2.75) is 39.2 Å². The lowest BCUT2D eigenvalue weighted by Gasteiger charge is -2.24. The molecular weight excluding hydrogens is 264 g/mol. The molecule has 0 bridgehead atoms. The Morgan fingerprint density at radius 2 is 2.21 bits per heavy atom. The zero-order chi connectivity index (χ0) is 14.0. The van der Waals surface area contributed by atoms with Crippen LogP contribution in [0.1, 0.15) is 32.3 Å². The van der Waals surface area contributed by atoms with E-state index in [1.54, 1.807) is 12.1 Å². The van der Waals surface area contributed by atoms with Gasteiger partial charge in [-0.3, -0.25) is 10.1 Å². The summed E-state index contributed by atoms with van der Waals surface area (Å²) >= 11 is 5.84. The standard InChI is InChI=1S/C14H19ClN2O2/c1-3-16-10(2)14(6-7-14)9-11-4-5-12(15)8-13(11)17(18)19/h4-5,8,10,16H,3,6-7,9H2,1-2H3. The third-order valence-electron chi connectivity index (χ3n) is 4.11. The van der Waals surface area contributed by atoms with Crippen molar-refractivity contribution in [3.8, 4) is 0 Å². The molecule has 0 aromatic heterocycles. The Bertz CT molecular complexity index is 486. The van der Waals surface area contributed by atoms with E-state index >= 15 is 0 Å². The highest BCUT2D eigenvalue weighted by molar-refractivity contribution is 6.30. The number of rotatable bonds is 6. The third kappa shape index (κ3) is 3.07. The second kappa shape index (κ2) is 5.47. The fraction of sp³-hybridized carbons (Fsp3) is 0.571. The van der Waals surface area contributed by atoms with Gasteiger partial charge in [-0.2, -0.15) is 0 Å². The van der Waals surface area contributed by atoms with Gasteiger partial charge in [0.15, 0.2) is 0 Å². The molecule has 1 unspecified atom stereocenters. The average Bonchev–Trinajstić information content (AvgIpc) is 3.12. The Morgan fingerprint density at radius 3 is 2.74 bits per heavy atom.